The van der Waals surface area contributed by atoms with Gasteiger partial charge in [0.2, 0.25) is 0 Å². The molecule has 0 radical (unpaired) electrons. The Morgan fingerprint density at radius 1 is 0.906 bits per heavy atom. The van der Waals surface area contributed by atoms with E-state index in [4.69, 9.17) is 21.1 Å². The molecule has 4 rings (SSSR count). The molecule has 1 heterocycles. The fourth-order valence-electron chi connectivity index (χ4n) is 3.56. The Balaban J connectivity index is 1.85. The number of hydrogen-bond acceptors (Lipinski definition) is 5. The van der Waals surface area contributed by atoms with Crippen LogP contribution in [0.2, 0.25) is 5.02 Å². The molecule has 32 heavy (non-hydrogen) atoms. The first-order valence-corrected chi connectivity index (χ1v) is 10.4. The molecule has 1 aliphatic heterocycles. The number of methoxy groups -OCH3 is 1. The van der Waals surface area contributed by atoms with E-state index in [2.05, 4.69) is 5.32 Å². The van der Waals surface area contributed by atoms with E-state index in [0.717, 1.165) is 4.90 Å². The second-order valence-corrected chi connectivity index (χ2v) is 7.37. The van der Waals surface area contributed by atoms with Crippen molar-refractivity contribution in [3.8, 4) is 11.5 Å². The largest absolute Gasteiger partial charge is 0.495 e. The average Bonchev–Trinajstić information content (AvgIpc) is 3.05. The Morgan fingerprint density at radius 3 is 2.34 bits per heavy atom. The first kappa shape index (κ1) is 21.5. The van der Waals surface area contributed by atoms with Gasteiger partial charge in [-0.1, -0.05) is 54.1 Å². The van der Waals surface area contributed by atoms with Crippen molar-refractivity contribution >= 4 is 40.4 Å². The predicted octanol–water partition coefficient (Wildman–Crippen LogP) is 5.14. The van der Waals surface area contributed by atoms with Crippen molar-refractivity contribution in [3.63, 3.8) is 0 Å². The molecule has 3 aromatic rings. The highest BCUT2D eigenvalue weighted by Crippen LogP contribution is 2.39. The summed E-state index contributed by atoms with van der Waals surface area (Å²) in [5, 5.41) is 3.52. The molecule has 0 saturated carbocycles. The van der Waals surface area contributed by atoms with Gasteiger partial charge in [-0.2, -0.15) is 0 Å². The summed E-state index contributed by atoms with van der Waals surface area (Å²) >= 11 is 6.17. The number of para-hydroxylation sites is 2. The molecule has 6 nitrogen and oxygen atoms in total. The fourth-order valence-corrected chi connectivity index (χ4v) is 3.73. The van der Waals surface area contributed by atoms with Crippen LogP contribution in [0.1, 0.15) is 12.5 Å². The van der Waals surface area contributed by atoms with Crippen molar-refractivity contribution in [3.05, 3.63) is 89.1 Å². The molecular formula is C25H21ClN2O4. The molecule has 0 fully saturated rings. The highest BCUT2D eigenvalue weighted by Gasteiger charge is 2.41. The zero-order valence-electron chi connectivity index (χ0n) is 17.6. The Hall–Kier alpha value is -3.77. The third-order valence-electron chi connectivity index (χ3n) is 4.97. The van der Waals surface area contributed by atoms with Gasteiger partial charge in [-0.15, -0.1) is 0 Å². The van der Waals surface area contributed by atoms with Crippen molar-refractivity contribution in [1.82, 2.24) is 0 Å². The van der Waals surface area contributed by atoms with Crippen LogP contribution in [0.15, 0.2) is 78.5 Å². The lowest BCUT2D eigenvalue weighted by Gasteiger charge is -2.19. The van der Waals surface area contributed by atoms with Gasteiger partial charge < -0.3 is 14.8 Å². The predicted molar refractivity (Wildman–Crippen MR) is 125 cm³/mol. The van der Waals surface area contributed by atoms with Crippen molar-refractivity contribution in [2.24, 2.45) is 0 Å². The number of carbonyl (C=O) groups is 2. The van der Waals surface area contributed by atoms with E-state index in [0.29, 0.717) is 34.4 Å². The molecular weight excluding hydrogens is 428 g/mol. The smallest absolute Gasteiger partial charge is 0.282 e. The normalized spacial score (nSPS) is 13.5. The second-order valence-electron chi connectivity index (χ2n) is 6.93. The summed E-state index contributed by atoms with van der Waals surface area (Å²) in [4.78, 5) is 28.3. The minimum Gasteiger partial charge on any atom is -0.495 e. The van der Waals surface area contributed by atoms with Crippen LogP contribution in [-0.4, -0.2) is 25.5 Å². The second kappa shape index (κ2) is 9.16. The molecule has 0 bridgehead atoms. The minimum atomic E-state index is -0.513. The lowest BCUT2D eigenvalue weighted by atomic mass is 10.0. The van der Waals surface area contributed by atoms with Crippen LogP contribution in [0.4, 0.5) is 11.4 Å². The molecule has 7 heteroatoms. The molecule has 162 valence electrons. The van der Waals surface area contributed by atoms with Crippen LogP contribution in [-0.2, 0) is 9.59 Å². The number of nitrogens with zero attached hydrogens (tertiary/aromatic N) is 1. The van der Waals surface area contributed by atoms with Crippen molar-refractivity contribution < 1.29 is 19.1 Å². The lowest BCUT2D eigenvalue weighted by molar-refractivity contribution is -0.120. The number of rotatable bonds is 7. The maximum atomic E-state index is 13.6. The number of anilines is 2. The number of imide groups is 1. The zero-order valence-corrected chi connectivity index (χ0v) is 18.3. The zero-order chi connectivity index (χ0) is 22.7. The lowest BCUT2D eigenvalue weighted by Crippen LogP contribution is -2.32. The maximum Gasteiger partial charge on any atom is 0.282 e. The molecule has 0 unspecified atom stereocenters. The maximum absolute atomic E-state index is 13.6. The van der Waals surface area contributed by atoms with Gasteiger partial charge in [-0.25, -0.2) is 4.90 Å². The SMILES string of the molecule is CCOc1ccccc1NC1=C(c2ccccc2)C(=O)N(c2cc(Cl)ccc2OC)C1=O. The molecule has 2 amide bonds. The third-order valence-corrected chi connectivity index (χ3v) is 5.21. The topological polar surface area (TPSA) is 67.9 Å². The number of benzene rings is 3. The number of carbonyl (C=O) groups excluding carboxylic acids is 2. The van der Waals surface area contributed by atoms with Crippen LogP contribution in [0.25, 0.3) is 5.57 Å². The Kier molecular flexibility index (Phi) is 6.14. The van der Waals surface area contributed by atoms with Gasteiger partial charge in [-0.3, -0.25) is 9.59 Å². The quantitative estimate of drug-likeness (QED) is 0.506. The number of halogens is 1. The summed E-state index contributed by atoms with van der Waals surface area (Å²) in [7, 11) is 1.47. The monoisotopic (exact) mass is 448 g/mol. The Bertz CT molecular complexity index is 1210. The molecule has 1 aliphatic rings. The van der Waals surface area contributed by atoms with E-state index in [9.17, 15) is 9.59 Å². The van der Waals surface area contributed by atoms with Crippen molar-refractivity contribution in [1.29, 1.82) is 0 Å². The summed E-state index contributed by atoms with van der Waals surface area (Å²) in [5.41, 5.74) is 1.88. The van der Waals surface area contributed by atoms with Gasteiger partial charge in [0.1, 0.15) is 17.2 Å². The van der Waals surface area contributed by atoms with Gasteiger partial charge in [0.25, 0.3) is 11.8 Å². The van der Waals surface area contributed by atoms with Crippen LogP contribution in [0.5, 0.6) is 11.5 Å². The summed E-state index contributed by atoms with van der Waals surface area (Å²) in [6.45, 7) is 2.34. The first-order chi connectivity index (χ1) is 15.5. The molecule has 0 saturated heterocycles. The third kappa shape index (κ3) is 3.92. The Morgan fingerprint density at radius 2 is 1.62 bits per heavy atom. The van der Waals surface area contributed by atoms with Gasteiger partial charge >= 0.3 is 0 Å². The van der Waals surface area contributed by atoms with Gasteiger partial charge in [-0.05, 0) is 42.8 Å². The fraction of sp³-hybridized carbons (Fsp3) is 0.120. The van der Waals surface area contributed by atoms with E-state index in [1.807, 2.05) is 37.3 Å². The molecule has 0 aliphatic carbocycles. The van der Waals surface area contributed by atoms with Crippen LogP contribution >= 0.6 is 11.6 Å². The van der Waals surface area contributed by atoms with Crippen LogP contribution < -0.4 is 19.7 Å². The average molecular weight is 449 g/mol. The number of ether oxygens (including phenoxy) is 2. The van der Waals surface area contributed by atoms with E-state index >= 15 is 0 Å². The van der Waals surface area contributed by atoms with Crippen LogP contribution in [0, 0.1) is 0 Å². The van der Waals surface area contributed by atoms with Crippen LogP contribution in [0.3, 0.4) is 0 Å². The van der Waals surface area contributed by atoms with E-state index < -0.39 is 11.8 Å². The molecule has 1 N–H and O–H groups in total. The molecule has 0 aromatic heterocycles. The highest BCUT2D eigenvalue weighted by atomic mass is 35.5. The first-order valence-electron chi connectivity index (χ1n) is 10.1. The summed E-state index contributed by atoms with van der Waals surface area (Å²) in [6.07, 6.45) is 0. The van der Waals surface area contributed by atoms with E-state index in [1.165, 1.54) is 13.2 Å². The van der Waals surface area contributed by atoms with Gasteiger partial charge in [0.05, 0.1) is 30.7 Å². The minimum absolute atomic E-state index is 0.149. The summed E-state index contributed by atoms with van der Waals surface area (Å²) in [6, 6.07) is 21.1. The standard InChI is InChI=1S/C25H21ClN2O4/c1-3-32-20-12-8-7-11-18(20)27-23-22(16-9-5-4-6-10-16)24(29)28(25(23)30)19-15-17(26)13-14-21(19)31-2/h4-15,27H,3H2,1-2H3. The summed E-state index contributed by atoms with van der Waals surface area (Å²) in [5.74, 6) is -0.0488. The van der Waals surface area contributed by atoms with Gasteiger partial charge in [0.15, 0.2) is 0 Å². The van der Waals surface area contributed by atoms with E-state index in [-0.39, 0.29) is 17.0 Å². The molecule has 3 aromatic carbocycles. The van der Waals surface area contributed by atoms with Gasteiger partial charge in [0, 0.05) is 5.02 Å². The highest BCUT2D eigenvalue weighted by molar-refractivity contribution is 6.46. The number of hydrogen-bond donors (Lipinski definition) is 1. The molecule has 0 atom stereocenters. The van der Waals surface area contributed by atoms with E-state index in [1.54, 1.807) is 36.4 Å². The Labute approximate surface area is 191 Å². The van der Waals surface area contributed by atoms with Crippen molar-refractivity contribution in [2.45, 2.75) is 6.92 Å². The van der Waals surface area contributed by atoms with Crippen molar-refractivity contribution in [2.75, 3.05) is 23.9 Å². The number of nitrogens with one attached hydrogen (secondary N) is 1. The summed E-state index contributed by atoms with van der Waals surface area (Å²) < 4.78 is 11.1. The molecule has 0 spiro atoms. The number of amides is 2.